The first-order valence-corrected chi connectivity index (χ1v) is 32.3. The fourth-order valence-electron chi connectivity index (χ4n) is 8.21. The molecule has 3 aliphatic heterocycles. The summed E-state index contributed by atoms with van der Waals surface area (Å²) in [5, 5.41) is 26.9. The van der Waals surface area contributed by atoms with Crippen molar-refractivity contribution in [2.45, 2.75) is 19.6 Å². The molecule has 13 heterocycles. The Kier molecular flexibility index (Phi) is 21.3. The molecule has 6 N–H and O–H groups in total. The lowest BCUT2D eigenvalue weighted by molar-refractivity contribution is 0.173. The van der Waals surface area contributed by atoms with Crippen molar-refractivity contribution >= 4 is 179 Å². The van der Waals surface area contributed by atoms with Gasteiger partial charge in [-0.15, -0.1) is 45.3 Å². The Labute approximate surface area is 554 Å². The maximum Gasteiger partial charge on any atom is 0.490 e. The minimum atomic E-state index is -1.40. The van der Waals surface area contributed by atoms with Gasteiger partial charge in [0.2, 0.25) is 20.4 Å². The van der Waals surface area contributed by atoms with Crippen LogP contribution in [0.1, 0.15) is 16.7 Å². The molecule has 21 nitrogen and oxygen atoms in total. The van der Waals surface area contributed by atoms with Crippen LogP contribution in [0.2, 0.25) is 10.3 Å². The van der Waals surface area contributed by atoms with Gasteiger partial charge in [-0.2, -0.15) is 0 Å². The molecule has 3 aliphatic rings. The van der Waals surface area contributed by atoms with E-state index in [0.29, 0.717) is 49.0 Å². The van der Waals surface area contributed by atoms with Crippen molar-refractivity contribution in [3.05, 3.63) is 191 Å². The molecule has 444 valence electrons. The van der Waals surface area contributed by atoms with Crippen molar-refractivity contribution in [2.75, 3.05) is 31.0 Å². The number of benzene rings is 3. The molecule has 30 heteroatoms. The number of rotatable bonds is 9. The van der Waals surface area contributed by atoms with E-state index >= 15 is 0 Å². The molecule has 0 atom stereocenters. The molecule has 0 spiro atoms. The van der Waals surface area contributed by atoms with Crippen LogP contribution >= 0.6 is 114 Å². The number of thiophene rings is 4. The SMILES string of the molecule is Clc1ncnc2cc(I)sc12.Clc1ncnc2ccsc12.Ic1cc2ncnc(NCc3ccc4c(c3)OCO4)c2s1.NCc1ccc2c(c1)OCO2.OB(O)c1cccnc1.c1cncc(-c2cc3ncnc(NCc4ccc5c(c4)OCO5)c3s2)c1. The molecule has 0 amide bonds. The molecule has 0 unspecified atom stereocenters. The van der Waals surface area contributed by atoms with Crippen molar-refractivity contribution in [2.24, 2.45) is 5.73 Å². The highest BCUT2D eigenvalue weighted by molar-refractivity contribution is 14.1. The molecule has 13 aromatic rings. The second-order valence-electron chi connectivity index (χ2n) is 18.1. The normalized spacial score (nSPS) is 11.9. The highest BCUT2D eigenvalue weighted by Gasteiger charge is 2.17. The molecule has 0 fully saturated rings. The number of fused-ring (bicyclic) bond motifs is 7. The summed E-state index contributed by atoms with van der Waals surface area (Å²) in [5.41, 5.74) is 14.0. The molecular weight excluding hydrogens is 1470 g/mol. The summed E-state index contributed by atoms with van der Waals surface area (Å²) in [6.07, 6.45) is 12.7. The number of aromatic nitrogens is 10. The van der Waals surface area contributed by atoms with E-state index in [2.05, 4.69) is 118 Å². The Balaban J connectivity index is 0.000000115. The van der Waals surface area contributed by atoms with Gasteiger partial charge in [-0.3, -0.25) is 9.97 Å². The summed E-state index contributed by atoms with van der Waals surface area (Å²) in [4.78, 5) is 42.2. The minimum absolute atomic E-state index is 0.283. The second-order valence-corrected chi connectivity index (χ2v) is 26.7. The quantitative estimate of drug-likeness (QED) is 0.0510. The number of anilines is 2. The topological polar surface area (TPSA) is 275 Å². The Morgan fingerprint density at radius 1 is 0.500 bits per heavy atom. The van der Waals surface area contributed by atoms with Crippen molar-refractivity contribution < 1.29 is 38.5 Å². The largest absolute Gasteiger partial charge is 0.490 e. The third kappa shape index (κ3) is 16.0. The number of nitrogens with one attached hydrogen (secondary N) is 2. The van der Waals surface area contributed by atoms with Gasteiger partial charge >= 0.3 is 7.12 Å². The molecule has 88 heavy (non-hydrogen) atoms. The van der Waals surface area contributed by atoms with Gasteiger partial charge in [-0.1, -0.05) is 53.5 Å². The fraction of sp³-hybridized carbons (Fsp3) is 0.103. The molecule has 0 bridgehead atoms. The van der Waals surface area contributed by atoms with E-state index in [0.717, 1.165) is 114 Å². The number of halogens is 4. The molecule has 10 aromatic heterocycles. The lowest BCUT2D eigenvalue weighted by Crippen LogP contribution is -2.29. The van der Waals surface area contributed by atoms with E-state index in [1.54, 1.807) is 82.5 Å². The number of nitrogens with two attached hydrogens (primary N) is 1. The molecule has 0 radical (unpaired) electrons. The van der Waals surface area contributed by atoms with Crippen LogP contribution in [0.3, 0.4) is 0 Å². The van der Waals surface area contributed by atoms with Crippen LogP contribution in [0, 0.1) is 5.77 Å². The smallest absolute Gasteiger partial charge is 0.454 e. The number of nitrogens with zero attached hydrogens (tertiary/aromatic N) is 10. The van der Waals surface area contributed by atoms with Crippen LogP contribution in [0.4, 0.5) is 11.6 Å². The second kappa shape index (κ2) is 30.1. The van der Waals surface area contributed by atoms with Crippen LogP contribution in [0.15, 0.2) is 159 Å². The first-order valence-electron chi connectivity index (χ1n) is 26.1. The van der Waals surface area contributed by atoms with Gasteiger partial charge in [0.1, 0.15) is 47.3 Å². The standard InChI is InChI=1S/C19H14N4O2S.C14H10IN3O2S.C8H9NO2.C6H2ClIN2S.C6H3ClN2S.C5H6BNO2/c1-2-13(9-20-5-1)17-7-14-18(26-17)19(23-10-22-14)21-8-12-3-4-15-16(6-12)25-11-24-15;15-12-4-9-13(21-12)14(18-6-17-9)16-5-8-1-2-10-11(3-8)20-7-19-10;9-4-6-1-2-7-8(3-6)11-5-10-7;7-6-5-3(9-2-10-6)1-4(8)11-5;7-6-5-4(1-2-10-5)8-3-9-6;8-6(9)5-2-1-3-7-4-5/h1-7,9-10H,8,11H2,(H,21,22,23);1-4,6H,5,7H2,(H,16,17,18);1-3H,4-5,9H2;1-2H;1-3H;1-4,8-9H. The number of hydrogen-bond donors (Lipinski definition) is 5. The molecule has 0 saturated carbocycles. The van der Waals surface area contributed by atoms with Crippen LogP contribution in [-0.2, 0) is 19.6 Å². The third-order valence-electron chi connectivity index (χ3n) is 12.4. The van der Waals surface area contributed by atoms with E-state index in [1.165, 1.54) is 24.6 Å². The van der Waals surface area contributed by atoms with Gasteiger partial charge in [0.15, 0.2) is 34.5 Å². The molecule has 0 aliphatic carbocycles. The predicted octanol–water partition coefficient (Wildman–Crippen LogP) is 12.7. The van der Waals surface area contributed by atoms with Crippen molar-refractivity contribution in [3.8, 4) is 44.9 Å². The zero-order valence-electron chi connectivity index (χ0n) is 45.4. The molecule has 3 aromatic carbocycles. The van der Waals surface area contributed by atoms with Crippen molar-refractivity contribution in [3.63, 3.8) is 0 Å². The highest BCUT2D eigenvalue weighted by atomic mass is 127. The molecular formula is C58H44BCl2I2N13O8S4. The monoisotopic (exact) mass is 1510 g/mol. The number of pyridine rings is 2. The minimum Gasteiger partial charge on any atom is -0.454 e. The molecule has 0 saturated heterocycles. The van der Waals surface area contributed by atoms with Crippen molar-refractivity contribution in [1.82, 2.24) is 49.8 Å². The number of hydrogen-bond acceptors (Lipinski definition) is 25. The Hall–Kier alpha value is -7.50. The van der Waals surface area contributed by atoms with Gasteiger partial charge in [0.25, 0.3) is 0 Å². The first kappa shape index (κ1) is 62.1. The van der Waals surface area contributed by atoms with E-state index in [9.17, 15) is 0 Å². The summed E-state index contributed by atoms with van der Waals surface area (Å²) in [5.74, 6) is 6.47. The number of ether oxygens (including phenoxy) is 6. The Morgan fingerprint density at radius 2 is 0.977 bits per heavy atom. The lowest BCUT2D eigenvalue weighted by atomic mass is 9.82. The van der Waals surface area contributed by atoms with Crippen LogP contribution in [0.25, 0.3) is 51.3 Å². The van der Waals surface area contributed by atoms with E-state index < -0.39 is 7.12 Å². The zero-order valence-corrected chi connectivity index (χ0v) is 54.5. The fourth-order valence-corrected chi connectivity index (χ4v) is 14.0. The summed E-state index contributed by atoms with van der Waals surface area (Å²) in [6.45, 7) is 2.76. The van der Waals surface area contributed by atoms with E-state index in [-0.39, 0.29) is 6.79 Å². The lowest BCUT2D eigenvalue weighted by Gasteiger charge is -2.07. The summed E-state index contributed by atoms with van der Waals surface area (Å²) in [7, 11) is -1.40. The van der Waals surface area contributed by atoms with Gasteiger partial charge in [0.05, 0.1) is 46.6 Å². The van der Waals surface area contributed by atoms with Gasteiger partial charge in [-0.25, -0.2) is 39.9 Å². The van der Waals surface area contributed by atoms with Crippen LogP contribution < -0.4 is 50.3 Å². The predicted molar refractivity (Wildman–Crippen MR) is 363 cm³/mol. The van der Waals surface area contributed by atoms with Crippen LogP contribution in [-0.4, -0.2) is 87.4 Å². The summed E-state index contributed by atoms with van der Waals surface area (Å²) >= 11 is 22.6. The first-order chi connectivity index (χ1) is 43.0. The summed E-state index contributed by atoms with van der Waals surface area (Å²) in [6, 6.07) is 32.9. The zero-order chi connectivity index (χ0) is 60.8. The Morgan fingerprint density at radius 3 is 1.49 bits per heavy atom. The highest BCUT2D eigenvalue weighted by Crippen LogP contribution is 2.38. The average Bonchev–Trinajstić information content (AvgIpc) is 4.12. The average molecular weight is 1510 g/mol. The third-order valence-corrected chi connectivity index (χ3v) is 19.1. The van der Waals surface area contributed by atoms with Gasteiger partial charge in [0, 0.05) is 60.3 Å². The van der Waals surface area contributed by atoms with Gasteiger partial charge < -0.3 is 54.8 Å². The summed E-state index contributed by atoms with van der Waals surface area (Å²) < 4.78 is 38.2. The maximum absolute atomic E-state index is 8.54. The van der Waals surface area contributed by atoms with Crippen LogP contribution in [0.5, 0.6) is 34.5 Å². The molecule has 16 rings (SSSR count). The van der Waals surface area contributed by atoms with Crippen molar-refractivity contribution in [1.29, 1.82) is 0 Å². The Bertz CT molecular complexity index is 4490. The maximum atomic E-state index is 8.54. The van der Waals surface area contributed by atoms with Gasteiger partial charge in [-0.05, 0) is 140 Å². The van der Waals surface area contributed by atoms with E-state index in [4.69, 9.17) is 67.4 Å². The van der Waals surface area contributed by atoms with E-state index in [1.807, 2.05) is 90.4 Å².